The first-order valence-corrected chi connectivity index (χ1v) is 19.8. The SMILES string of the molecule is [B]1c2cccc3c2N(c2ccccc2C32c3ccccc3-c3ccccc32)c2cc3oc4ccccc4c3c(-c3cccc4c3[nH]c3c5ccccc5ccc43)c21. The molecule has 11 aromatic rings. The summed E-state index contributed by atoms with van der Waals surface area (Å²) in [6, 6.07) is 64.8. The van der Waals surface area contributed by atoms with Gasteiger partial charge in [-0.2, -0.15) is 0 Å². The number of aromatic amines is 1. The summed E-state index contributed by atoms with van der Waals surface area (Å²) in [5, 5.41) is 7.16. The number of furan rings is 1. The zero-order chi connectivity index (χ0) is 37.0. The lowest BCUT2D eigenvalue weighted by molar-refractivity contribution is 0.669. The average molecular weight is 722 g/mol. The first kappa shape index (κ1) is 30.0. The normalized spacial score (nSPS) is 14.2. The molecule has 4 heterocycles. The monoisotopic (exact) mass is 721 g/mol. The summed E-state index contributed by atoms with van der Waals surface area (Å²) in [4.78, 5) is 6.51. The van der Waals surface area contributed by atoms with Gasteiger partial charge in [0.05, 0.1) is 22.1 Å². The van der Waals surface area contributed by atoms with Gasteiger partial charge in [-0.05, 0) is 61.9 Å². The van der Waals surface area contributed by atoms with Crippen molar-refractivity contribution in [3.05, 3.63) is 198 Å². The van der Waals surface area contributed by atoms with E-state index in [1.54, 1.807) is 0 Å². The van der Waals surface area contributed by atoms with E-state index in [0.29, 0.717) is 0 Å². The molecular weight excluding hydrogens is 691 g/mol. The highest BCUT2D eigenvalue weighted by Gasteiger charge is 2.53. The predicted octanol–water partition coefficient (Wildman–Crippen LogP) is 12.2. The zero-order valence-corrected chi connectivity index (χ0v) is 30.7. The molecule has 57 heavy (non-hydrogen) atoms. The number of aromatic nitrogens is 1. The Bertz CT molecular complexity index is 3540. The van der Waals surface area contributed by atoms with E-state index in [1.807, 2.05) is 0 Å². The molecule has 0 bridgehead atoms. The molecule has 1 N–H and O–H groups in total. The third-order valence-corrected chi connectivity index (χ3v) is 13.2. The third kappa shape index (κ3) is 3.56. The van der Waals surface area contributed by atoms with Crippen molar-refractivity contribution in [1.82, 2.24) is 4.98 Å². The van der Waals surface area contributed by atoms with Crippen LogP contribution in [0.3, 0.4) is 0 Å². The topological polar surface area (TPSA) is 32.2 Å². The van der Waals surface area contributed by atoms with Crippen molar-refractivity contribution in [2.45, 2.75) is 5.41 Å². The van der Waals surface area contributed by atoms with E-state index < -0.39 is 5.41 Å². The first-order valence-electron chi connectivity index (χ1n) is 19.8. The standard InChI is InChI=1S/C53H30BN2O/c1-2-14-31-30(13-1)27-28-35-34-18-11-19-37(51(34)55-50(31)35)48-47-36-17-5-10-26-45(36)57-46(47)29-44-49(48)54-42-24-12-23-41-52(42)56(44)43-25-9-8-22-40(43)53(41)38-20-6-3-15-32(38)33-16-4-7-21-39(33)53/h1-29,55H. The Morgan fingerprint density at radius 1 is 0.474 bits per heavy atom. The molecule has 0 saturated carbocycles. The minimum atomic E-state index is -0.470. The van der Waals surface area contributed by atoms with Gasteiger partial charge in [-0.1, -0.05) is 163 Å². The van der Waals surface area contributed by atoms with Crippen molar-refractivity contribution < 1.29 is 4.42 Å². The number of hydrogen-bond acceptors (Lipinski definition) is 2. The van der Waals surface area contributed by atoms with E-state index in [9.17, 15) is 0 Å². The molecule has 3 aliphatic rings. The van der Waals surface area contributed by atoms with Gasteiger partial charge < -0.3 is 14.3 Å². The molecule has 1 radical (unpaired) electrons. The molecule has 0 amide bonds. The van der Waals surface area contributed by atoms with E-state index in [0.717, 1.165) is 38.7 Å². The summed E-state index contributed by atoms with van der Waals surface area (Å²) in [6.45, 7) is 0. The fourth-order valence-electron chi connectivity index (χ4n) is 11.1. The van der Waals surface area contributed by atoms with Crippen LogP contribution < -0.4 is 15.8 Å². The van der Waals surface area contributed by atoms with Crippen molar-refractivity contribution in [2.24, 2.45) is 0 Å². The van der Waals surface area contributed by atoms with Crippen molar-refractivity contribution >= 4 is 89.8 Å². The molecule has 2 aromatic heterocycles. The summed E-state index contributed by atoms with van der Waals surface area (Å²) in [7, 11) is 2.45. The zero-order valence-electron chi connectivity index (χ0n) is 30.7. The number of benzene rings is 9. The van der Waals surface area contributed by atoms with Crippen LogP contribution in [0, 0.1) is 0 Å². The number of nitrogens with one attached hydrogen (secondary N) is 1. The Morgan fingerprint density at radius 3 is 1.98 bits per heavy atom. The fourth-order valence-corrected chi connectivity index (χ4v) is 11.1. The molecule has 9 aromatic carbocycles. The third-order valence-electron chi connectivity index (χ3n) is 13.2. The molecule has 4 heteroatoms. The first-order chi connectivity index (χ1) is 28.3. The van der Waals surface area contributed by atoms with Gasteiger partial charge in [-0.3, -0.25) is 0 Å². The second-order valence-electron chi connectivity index (χ2n) is 15.8. The minimum absolute atomic E-state index is 0.470. The van der Waals surface area contributed by atoms with E-state index in [1.165, 1.54) is 88.3 Å². The van der Waals surface area contributed by atoms with Gasteiger partial charge in [-0.25, -0.2) is 0 Å². The van der Waals surface area contributed by atoms with E-state index >= 15 is 0 Å². The van der Waals surface area contributed by atoms with Gasteiger partial charge in [0.1, 0.15) is 11.2 Å². The molecule has 1 spiro atoms. The van der Waals surface area contributed by atoms with Gasteiger partial charge >= 0.3 is 0 Å². The highest BCUT2D eigenvalue weighted by molar-refractivity contribution is 6.74. The average Bonchev–Trinajstić information content (AvgIpc) is 3.93. The molecule has 14 rings (SSSR count). The van der Waals surface area contributed by atoms with E-state index in [-0.39, 0.29) is 0 Å². The number of H-pyrrole nitrogens is 1. The van der Waals surface area contributed by atoms with Crippen molar-refractivity contribution in [2.75, 3.05) is 4.90 Å². The van der Waals surface area contributed by atoms with Crippen molar-refractivity contribution in [3.63, 3.8) is 0 Å². The van der Waals surface area contributed by atoms with Crippen LogP contribution in [0.15, 0.2) is 180 Å². The predicted molar refractivity (Wildman–Crippen MR) is 237 cm³/mol. The lowest BCUT2D eigenvalue weighted by Crippen LogP contribution is -2.47. The van der Waals surface area contributed by atoms with Gasteiger partial charge in [0.15, 0.2) is 7.28 Å². The van der Waals surface area contributed by atoms with E-state index in [2.05, 4.69) is 193 Å². The van der Waals surface area contributed by atoms with Crippen LogP contribution in [-0.4, -0.2) is 12.3 Å². The quantitative estimate of drug-likeness (QED) is 0.171. The summed E-state index contributed by atoms with van der Waals surface area (Å²) < 4.78 is 6.86. The van der Waals surface area contributed by atoms with Crippen LogP contribution in [0.2, 0.25) is 0 Å². The lowest BCUT2D eigenvalue weighted by atomic mass is 9.54. The smallest absolute Gasteiger partial charge is 0.197 e. The molecule has 0 saturated heterocycles. The van der Waals surface area contributed by atoms with Crippen molar-refractivity contribution in [1.29, 1.82) is 0 Å². The van der Waals surface area contributed by atoms with Crippen LogP contribution in [-0.2, 0) is 5.41 Å². The number of fused-ring (bicyclic) bond motifs is 19. The maximum Gasteiger partial charge on any atom is 0.197 e. The van der Waals surface area contributed by atoms with Gasteiger partial charge in [0.2, 0.25) is 0 Å². The molecule has 3 nitrogen and oxygen atoms in total. The summed E-state index contributed by atoms with van der Waals surface area (Å²) in [6.07, 6.45) is 0. The van der Waals surface area contributed by atoms with Crippen molar-refractivity contribution in [3.8, 4) is 22.3 Å². The Morgan fingerprint density at radius 2 is 1.12 bits per heavy atom. The summed E-state index contributed by atoms with van der Waals surface area (Å²) in [5.41, 5.74) is 19.8. The van der Waals surface area contributed by atoms with Crippen LogP contribution in [0.5, 0.6) is 0 Å². The highest BCUT2D eigenvalue weighted by Crippen LogP contribution is 2.63. The molecule has 0 atom stereocenters. The summed E-state index contributed by atoms with van der Waals surface area (Å²) >= 11 is 0. The van der Waals surface area contributed by atoms with Gasteiger partial charge in [0, 0.05) is 49.9 Å². The highest BCUT2D eigenvalue weighted by atomic mass is 16.3. The Labute approximate surface area is 328 Å². The number of nitrogens with zero attached hydrogens (tertiary/aromatic N) is 1. The summed E-state index contributed by atoms with van der Waals surface area (Å²) in [5.74, 6) is 0. The number of hydrogen-bond donors (Lipinski definition) is 1. The van der Waals surface area contributed by atoms with Gasteiger partial charge in [-0.15, -0.1) is 0 Å². The molecule has 261 valence electrons. The van der Waals surface area contributed by atoms with E-state index in [4.69, 9.17) is 4.42 Å². The largest absolute Gasteiger partial charge is 0.456 e. The van der Waals surface area contributed by atoms with Crippen LogP contribution in [0.25, 0.3) is 76.8 Å². The maximum absolute atomic E-state index is 6.86. The number of rotatable bonds is 1. The molecule has 0 fully saturated rings. The second-order valence-corrected chi connectivity index (χ2v) is 15.8. The Kier molecular flexibility index (Phi) is 5.53. The fraction of sp³-hybridized carbons (Fsp3) is 0.0189. The molecule has 2 aliphatic heterocycles. The van der Waals surface area contributed by atoms with Gasteiger partial charge in [0.25, 0.3) is 0 Å². The maximum atomic E-state index is 6.86. The lowest BCUT2D eigenvalue weighted by Gasteiger charge is -2.48. The Hall–Kier alpha value is -7.30. The molecular formula is C53H30BN2O. The molecule has 1 aliphatic carbocycles. The minimum Gasteiger partial charge on any atom is -0.456 e. The van der Waals surface area contributed by atoms with Crippen LogP contribution in [0.4, 0.5) is 17.1 Å². The Balaban J connectivity index is 1.12. The number of para-hydroxylation sites is 4. The van der Waals surface area contributed by atoms with Crippen LogP contribution in [0.1, 0.15) is 22.3 Å². The van der Waals surface area contributed by atoms with Crippen LogP contribution >= 0.6 is 0 Å². The number of anilines is 3. The second kappa shape index (κ2) is 10.5. The molecule has 0 unspecified atom stereocenters.